The number of hydrogen-bond acceptors (Lipinski definition) is 5. The molecule has 1 aliphatic heterocycles. The summed E-state index contributed by atoms with van der Waals surface area (Å²) in [5.41, 5.74) is -0.0134. The summed E-state index contributed by atoms with van der Waals surface area (Å²) in [6.07, 6.45) is -0.691. The van der Waals surface area contributed by atoms with E-state index < -0.39 is 24.0 Å². The number of amides is 1. The zero-order chi connectivity index (χ0) is 14.9. The quantitative estimate of drug-likeness (QED) is 0.789. The van der Waals surface area contributed by atoms with Gasteiger partial charge >= 0.3 is 5.97 Å². The van der Waals surface area contributed by atoms with Crippen molar-refractivity contribution in [2.45, 2.75) is 18.6 Å². The van der Waals surface area contributed by atoms with E-state index in [2.05, 4.69) is 4.74 Å². The Labute approximate surface area is 120 Å². The molecule has 1 aromatic carbocycles. The summed E-state index contributed by atoms with van der Waals surface area (Å²) >= 11 is 5.80. The molecule has 1 saturated heterocycles. The van der Waals surface area contributed by atoms with E-state index in [0.717, 1.165) is 0 Å². The van der Waals surface area contributed by atoms with Gasteiger partial charge in [0.15, 0.2) is 0 Å². The number of aromatic hydroxyl groups is 1. The van der Waals surface area contributed by atoms with Gasteiger partial charge in [0.05, 0.1) is 18.8 Å². The largest absolute Gasteiger partial charge is 0.507 e. The SMILES string of the molecule is COC(=O)C1CC(O)CN1C(=O)c1cc(Cl)ccc1O. The lowest BCUT2D eigenvalue weighted by Gasteiger charge is -2.22. The number of aliphatic hydroxyl groups is 1. The van der Waals surface area contributed by atoms with Crippen LogP contribution < -0.4 is 0 Å². The first-order valence-corrected chi connectivity index (χ1v) is 6.37. The van der Waals surface area contributed by atoms with Crippen molar-refractivity contribution in [1.82, 2.24) is 4.90 Å². The lowest BCUT2D eigenvalue weighted by atomic mass is 10.1. The summed E-state index contributed by atoms with van der Waals surface area (Å²) in [5.74, 6) is -1.40. The van der Waals surface area contributed by atoms with Crippen LogP contribution in [0.3, 0.4) is 0 Å². The highest BCUT2D eigenvalue weighted by atomic mass is 35.5. The van der Waals surface area contributed by atoms with Gasteiger partial charge in [-0.05, 0) is 18.2 Å². The number of carbonyl (C=O) groups excluding carboxylic acids is 2. The molecule has 2 unspecified atom stereocenters. The molecular weight excluding hydrogens is 286 g/mol. The number of ether oxygens (including phenoxy) is 1. The molecule has 1 amide bonds. The minimum absolute atomic E-state index is 0.00452. The number of methoxy groups -OCH3 is 1. The van der Waals surface area contributed by atoms with Crippen LogP contribution in [0.1, 0.15) is 16.8 Å². The Morgan fingerprint density at radius 2 is 2.15 bits per heavy atom. The maximum absolute atomic E-state index is 12.4. The zero-order valence-electron chi connectivity index (χ0n) is 10.7. The topological polar surface area (TPSA) is 87.1 Å². The lowest BCUT2D eigenvalue weighted by Crippen LogP contribution is -2.41. The van der Waals surface area contributed by atoms with Gasteiger partial charge in [0.1, 0.15) is 11.8 Å². The van der Waals surface area contributed by atoms with E-state index in [0.29, 0.717) is 5.02 Å². The van der Waals surface area contributed by atoms with Crippen LogP contribution in [0.2, 0.25) is 5.02 Å². The third kappa shape index (κ3) is 2.71. The van der Waals surface area contributed by atoms with Crippen LogP contribution in [0.4, 0.5) is 0 Å². The van der Waals surface area contributed by atoms with Crippen molar-refractivity contribution < 1.29 is 24.5 Å². The van der Waals surface area contributed by atoms with Crippen molar-refractivity contribution in [3.05, 3.63) is 28.8 Å². The normalized spacial score (nSPS) is 21.9. The second-order valence-electron chi connectivity index (χ2n) is 4.55. The molecular formula is C13H14ClNO5. The van der Waals surface area contributed by atoms with E-state index >= 15 is 0 Å². The Morgan fingerprint density at radius 3 is 2.80 bits per heavy atom. The lowest BCUT2D eigenvalue weighted by molar-refractivity contribution is -0.145. The van der Waals surface area contributed by atoms with Crippen LogP contribution >= 0.6 is 11.6 Å². The molecule has 0 spiro atoms. The van der Waals surface area contributed by atoms with Gasteiger partial charge in [0.25, 0.3) is 5.91 Å². The average Bonchev–Trinajstić information content (AvgIpc) is 2.82. The molecule has 0 saturated carbocycles. The fraction of sp³-hybridized carbons (Fsp3) is 0.385. The van der Waals surface area contributed by atoms with Crippen LogP contribution in [-0.2, 0) is 9.53 Å². The van der Waals surface area contributed by atoms with Crippen molar-refractivity contribution in [2.75, 3.05) is 13.7 Å². The highest BCUT2D eigenvalue weighted by Gasteiger charge is 2.40. The Hall–Kier alpha value is -1.79. The number of hydrogen-bond donors (Lipinski definition) is 2. The fourth-order valence-electron chi connectivity index (χ4n) is 2.23. The number of phenolic OH excluding ortho intramolecular Hbond substituents is 1. The standard InChI is InChI=1S/C13H14ClNO5/c1-20-13(19)10-5-8(16)6-15(10)12(18)9-4-7(14)2-3-11(9)17/h2-4,8,10,16-17H,5-6H2,1H3. The predicted octanol–water partition coefficient (Wildman–Crippen LogP) is 0.794. The van der Waals surface area contributed by atoms with Gasteiger partial charge in [-0.3, -0.25) is 4.79 Å². The third-order valence-corrected chi connectivity index (χ3v) is 3.44. The van der Waals surface area contributed by atoms with Crippen molar-refractivity contribution in [3.8, 4) is 5.75 Å². The molecule has 108 valence electrons. The molecule has 2 atom stereocenters. The molecule has 2 rings (SSSR count). The number of likely N-dealkylation sites (tertiary alicyclic amines) is 1. The highest BCUT2D eigenvalue weighted by Crippen LogP contribution is 2.27. The Bertz CT molecular complexity index is 548. The van der Waals surface area contributed by atoms with Gasteiger partial charge in [-0.2, -0.15) is 0 Å². The predicted molar refractivity (Wildman–Crippen MR) is 70.6 cm³/mol. The van der Waals surface area contributed by atoms with Crippen molar-refractivity contribution in [2.24, 2.45) is 0 Å². The van der Waals surface area contributed by atoms with Gasteiger partial charge < -0.3 is 19.8 Å². The molecule has 0 aromatic heterocycles. The maximum atomic E-state index is 12.4. The first kappa shape index (κ1) is 14.6. The minimum atomic E-state index is -0.860. The zero-order valence-corrected chi connectivity index (χ0v) is 11.5. The first-order chi connectivity index (χ1) is 9.43. The van der Waals surface area contributed by atoms with Gasteiger partial charge in [-0.1, -0.05) is 11.6 Å². The van der Waals surface area contributed by atoms with E-state index in [1.54, 1.807) is 0 Å². The summed E-state index contributed by atoms with van der Waals surface area (Å²) in [4.78, 5) is 25.2. The number of benzene rings is 1. The second kappa shape index (κ2) is 5.68. The molecule has 7 heteroatoms. The molecule has 20 heavy (non-hydrogen) atoms. The second-order valence-corrected chi connectivity index (χ2v) is 4.98. The number of nitrogens with zero attached hydrogens (tertiary/aromatic N) is 1. The third-order valence-electron chi connectivity index (χ3n) is 3.20. The average molecular weight is 300 g/mol. The number of halogens is 1. The van der Waals surface area contributed by atoms with Crippen LogP contribution in [0, 0.1) is 0 Å². The van der Waals surface area contributed by atoms with Crippen molar-refractivity contribution >= 4 is 23.5 Å². The van der Waals surface area contributed by atoms with Gasteiger partial charge in [0, 0.05) is 18.0 Å². The first-order valence-electron chi connectivity index (χ1n) is 5.99. The Morgan fingerprint density at radius 1 is 1.45 bits per heavy atom. The molecule has 1 aromatic rings. The number of phenols is 1. The fourth-order valence-corrected chi connectivity index (χ4v) is 2.40. The summed E-state index contributed by atoms with van der Waals surface area (Å²) in [5, 5.41) is 19.7. The van der Waals surface area contributed by atoms with Crippen molar-refractivity contribution in [1.29, 1.82) is 0 Å². The molecule has 1 fully saturated rings. The van der Waals surface area contributed by atoms with Crippen LogP contribution in [-0.4, -0.2) is 52.8 Å². The molecule has 0 aliphatic carbocycles. The highest BCUT2D eigenvalue weighted by molar-refractivity contribution is 6.31. The van der Waals surface area contributed by atoms with Gasteiger partial charge in [0.2, 0.25) is 0 Å². The van der Waals surface area contributed by atoms with E-state index in [4.69, 9.17) is 11.6 Å². The molecule has 6 nitrogen and oxygen atoms in total. The molecule has 1 heterocycles. The molecule has 2 N–H and O–H groups in total. The van der Waals surface area contributed by atoms with E-state index in [-0.39, 0.29) is 24.3 Å². The van der Waals surface area contributed by atoms with E-state index in [1.807, 2.05) is 0 Å². The molecule has 0 bridgehead atoms. The van der Waals surface area contributed by atoms with Gasteiger partial charge in [-0.25, -0.2) is 4.79 Å². The minimum Gasteiger partial charge on any atom is -0.507 e. The van der Waals surface area contributed by atoms with Gasteiger partial charge in [-0.15, -0.1) is 0 Å². The number of carbonyl (C=O) groups is 2. The number of rotatable bonds is 2. The Kier molecular flexibility index (Phi) is 4.15. The summed E-state index contributed by atoms with van der Waals surface area (Å²) in [6, 6.07) is 3.21. The van der Waals surface area contributed by atoms with Crippen LogP contribution in [0.5, 0.6) is 5.75 Å². The van der Waals surface area contributed by atoms with Crippen molar-refractivity contribution in [3.63, 3.8) is 0 Å². The van der Waals surface area contributed by atoms with Crippen LogP contribution in [0.15, 0.2) is 18.2 Å². The number of β-amino-alcohol motifs (C(OH)–C–C–N with tert-alkyl or cyclic N) is 1. The molecule has 0 radical (unpaired) electrons. The summed E-state index contributed by atoms with van der Waals surface area (Å²) < 4.78 is 4.62. The van der Waals surface area contributed by atoms with E-state index in [9.17, 15) is 19.8 Å². The molecule has 1 aliphatic rings. The van der Waals surface area contributed by atoms with Crippen LogP contribution in [0.25, 0.3) is 0 Å². The van der Waals surface area contributed by atoms with E-state index in [1.165, 1.54) is 30.2 Å². The smallest absolute Gasteiger partial charge is 0.328 e. The summed E-state index contributed by atoms with van der Waals surface area (Å²) in [6.45, 7) is 0.00452. The maximum Gasteiger partial charge on any atom is 0.328 e. The number of aliphatic hydroxyl groups excluding tert-OH is 1. The summed E-state index contributed by atoms with van der Waals surface area (Å²) in [7, 11) is 1.21. The number of esters is 1. The monoisotopic (exact) mass is 299 g/mol. The Balaban J connectivity index is 2.31.